The van der Waals surface area contributed by atoms with Crippen molar-refractivity contribution in [3.63, 3.8) is 0 Å². The van der Waals surface area contributed by atoms with Gasteiger partial charge in [-0.3, -0.25) is 9.79 Å². The number of nitrogens with one attached hydrogen (secondary N) is 1. The first-order valence-electron chi connectivity index (χ1n) is 8.90. The molecule has 146 valence electrons. The summed E-state index contributed by atoms with van der Waals surface area (Å²) in [5, 5.41) is 9.34. The molecule has 1 aromatic carbocycles. The molecule has 0 heterocycles. The Labute approximate surface area is 159 Å². The van der Waals surface area contributed by atoms with E-state index in [1.54, 1.807) is 0 Å². The van der Waals surface area contributed by atoms with E-state index in [9.17, 15) is 9.90 Å². The van der Waals surface area contributed by atoms with Crippen LogP contribution in [-0.2, 0) is 11.2 Å². The highest BCUT2D eigenvalue weighted by Crippen LogP contribution is 2.15. The lowest BCUT2D eigenvalue weighted by atomic mass is 10.1. The number of ether oxygens (including phenoxy) is 1. The molecule has 1 rings (SSSR count). The van der Waals surface area contributed by atoms with Crippen LogP contribution in [-0.4, -0.2) is 42.0 Å². The Balaban J connectivity index is 2.35. The molecule has 0 aliphatic rings. The van der Waals surface area contributed by atoms with E-state index >= 15 is 0 Å². The van der Waals surface area contributed by atoms with Crippen LogP contribution in [0.1, 0.15) is 38.2 Å². The zero-order valence-electron chi connectivity index (χ0n) is 15.3. The molecule has 1 aromatic rings. The smallest absolute Gasteiger partial charge is 0.321 e. The number of aliphatic imine (C=N–C) groups is 1. The van der Waals surface area contributed by atoms with Gasteiger partial charge < -0.3 is 21.3 Å². The second-order valence-corrected chi connectivity index (χ2v) is 6.85. The molecule has 1 atom stereocenters. The summed E-state index contributed by atoms with van der Waals surface area (Å²) in [4.78, 5) is 15.3. The predicted molar refractivity (Wildman–Crippen MR) is 107 cm³/mol. The van der Waals surface area contributed by atoms with Crippen molar-refractivity contribution in [1.29, 1.82) is 0 Å². The summed E-state index contributed by atoms with van der Waals surface area (Å²) in [6.45, 7) is 3.31. The van der Waals surface area contributed by atoms with E-state index in [-0.39, 0.29) is 5.96 Å². The molecule has 0 spiro atoms. The fourth-order valence-corrected chi connectivity index (χ4v) is 3.06. The second kappa shape index (κ2) is 13.3. The van der Waals surface area contributed by atoms with E-state index in [1.165, 1.54) is 11.9 Å². The van der Waals surface area contributed by atoms with Gasteiger partial charge in [-0.25, -0.2) is 4.72 Å². The average Bonchev–Trinajstić information content (AvgIpc) is 2.61. The van der Waals surface area contributed by atoms with Gasteiger partial charge in [-0.1, -0.05) is 37.4 Å². The first-order chi connectivity index (χ1) is 12.5. The third kappa shape index (κ3) is 10.1. The van der Waals surface area contributed by atoms with E-state index in [4.69, 9.17) is 16.2 Å². The molecule has 6 N–H and O–H groups in total. The Kier molecular flexibility index (Phi) is 11.3. The quantitative estimate of drug-likeness (QED) is 0.168. The van der Waals surface area contributed by atoms with Gasteiger partial charge in [0.15, 0.2) is 5.96 Å². The van der Waals surface area contributed by atoms with Gasteiger partial charge in [-0.15, -0.1) is 0 Å². The maximum atomic E-state index is 11.4. The van der Waals surface area contributed by atoms with Gasteiger partial charge in [0.2, 0.25) is 0 Å². The number of carbonyl (C=O) groups is 1. The van der Waals surface area contributed by atoms with Crippen molar-refractivity contribution in [2.24, 2.45) is 16.5 Å². The minimum Gasteiger partial charge on any atom is -0.494 e. The van der Waals surface area contributed by atoms with Crippen molar-refractivity contribution in [2.45, 2.75) is 45.1 Å². The topological polar surface area (TPSA) is 123 Å². The van der Waals surface area contributed by atoms with Crippen molar-refractivity contribution in [3.8, 4) is 5.75 Å². The fraction of sp³-hybridized carbons (Fsp3) is 0.556. The van der Waals surface area contributed by atoms with Gasteiger partial charge in [0.25, 0.3) is 0 Å². The molecule has 0 saturated carbocycles. The number of hydrogen-bond acceptors (Lipinski definition) is 5. The molecule has 0 fully saturated rings. The molecule has 0 aliphatic carbocycles. The first-order valence-corrected chi connectivity index (χ1v) is 9.88. The number of aliphatic carboxylic acids is 1. The van der Waals surface area contributed by atoms with Gasteiger partial charge in [0.1, 0.15) is 11.8 Å². The van der Waals surface area contributed by atoms with Gasteiger partial charge in [0.05, 0.1) is 6.61 Å². The van der Waals surface area contributed by atoms with Gasteiger partial charge in [0, 0.05) is 12.3 Å². The predicted octanol–water partition coefficient (Wildman–Crippen LogP) is 2.15. The number of guanidine groups is 1. The molecule has 0 aliphatic heterocycles. The monoisotopic (exact) mass is 382 g/mol. The molecule has 8 heteroatoms. The number of nitrogens with zero attached hydrogens (tertiary/aromatic N) is 1. The Bertz CT molecular complexity index is 548. The Hall–Kier alpha value is -1.93. The van der Waals surface area contributed by atoms with E-state index < -0.39 is 12.0 Å². The Morgan fingerprint density at radius 3 is 2.62 bits per heavy atom. The van der Waals surface area contributed by atoms with Crippen LogP contribution >= 0.6 is 11.9 Å². The SMILES string of the molecule is CCCCSN[C@H](Cc1ccc(OCCCCN=C(N)N)cc1)C(=O)O. The molecule has 0 bridgehead atoms. The lowest BCUT2D eigenvalue weighted by molar-refractivity contribution is -0.138. The molecule has 7 nitrogen and oxygen atoms in total. The van der Waals surface area contributed by atoms with Crippen molar-refractivity contribution in [1.82, 2.24) is 4.72 Å². The molecule has 26 heavy (non-hydrogen) atoms. The number of rotatable bonds is 14. The zero-order valence-corrected chi connectivity index (χ0v) is 16.1. The Morgan fingerprint density at radius 1 is 1.27 bits per heavy atom. The van der Waals surface area contributed by atoms with Crippen LogP contribution in [0.3, 0.4) is 0 Å². The third-order valence-electron chi connectivity index (χ3n) is 3.60. The molecule has 0 unspecified atom stereocenters. The number of unbranched alkanes of at least 4 members (excludes halogenated alkanes) is 2. The van der Waals surface area contributed by atoms with Crippen molar-refractivity contribution in [3.05, 3.63) is 29.8 Å². The van der Waals surface area contributed by atoms with Crippen LogP contribution < -0.4 is 20.9 Å². The summed E-state index contributed by atoms with van der Waals surface area (Å²) in [6.07, 6.45) is 4.33. The highest BCUT2D eigenvalue weighted by molar-refractivity contribution is 7.97. The molecule has 0 radical (unpaired) electrons. The highest BCUT2D eigenvalue weighted by atomic mass is 32.2. The van der Waals surface area contributed by atoms with Gasteiger partial charge in [-0.2, -0.15) is 0 Å². The number of carboxylic acid groups (broad SMARTS) is 1. The van der Waals surface area contributed by atoms with Crippen LogP contribution in [0.4, 0.5) is 0 Å². The van der Waals surface area contributed by atoms with Crippen molar-refractivity contribution in [2.75, 3.05) is 18.9 Å². The minimum absolute atomic E-state index is 0.111. The van der Waals surface area contributed by atoms with Crippen LogP contribution in [0, 0.1) is 0 Å². The average molecular weight is 383 g/mol. The van der Waals surface area contributed by atoms with Crippen LogP contribution in [0.15, 0.2) is 29.3 Å². The number of hydrogen-bond donors (Lipinski definition) is 4. The van der Waals surface area contributed by atoms with E-state index in [1.807, 2.05) is 24.3 Å². The number of benzene rings is 1. The summed E-state index contributed by atoms with van der Waals surface area (Å²) in [7, 11) is 0. The fourth-order valence-electron chi connectivity index (χ4n) is 2.12. The lowest BCUT2D eigenvalue weighted by Gasteiger charge is -2.14. The van der Waals surface area contributed by atoms with Crippen LogP contribution in [0.2, 0.25) is 0 Å². The summed E-state index contributed by atoms with van der Waals surface area (Å²) >= 11 is 1.48. The largest absolute Gasteiger partial charge is 0.494 e. The molecule has 0 saturated heterocycles. The standard InChI is InChI=1S/C18H30N4O3S/c1-2-3-12-26-22-16(17(23)24)13-14-6-8-15(9-7-14)25-11-5-4-10-21-18(19)20/h6-9,16,22H,2-5,10-13H2,1H3,(H,23,24)(H4,19,20,21)/t16-/m1/s1. The summed E-state index contributed by atoms with van der Waals surface area (Å²) in [6, 6.07) is 6.95. The van der Waals surface area contributed by atoms with Gasteiger partial charge >= 0.3 is 5.97 Å². The second-order valence-electron chi connectivity index (χ2n) is 5.92. The molecule has 0 amide bonds. The summed E-state index contributed by atoms with van der Waals surface area (Å²) in [5.41, 5.74) is 11.5. The molecular formula is C18H30N4O3S. The first kappa shape index (κ1) is 22.1. The number of nitrogens with two attached hydrogens (primary N) is 2. The molecule has 0 aromatic heterocycles. The van der Waals surface area contributed by atoms with Crippen molar-refractivity contribution >= 4 is 23.9 Å². The maximum absolute atomic E-state index is 11.4. The lowest BCUT2D eigenvalue weighted by Crippen LogP contribution is -2.34. The zero-order chi connectivity index (χ0) is 19.2. The summed E-state index contributed by atoms with van der Waals surface area (Å²) in [5.74, 6) is 0.957. The summed E-state index contributed by atoms with van der Waals surface area (Å²) < 4.78 is 8.70. The third-order valence-corrected chi connectivity index (χ3v) is 4.55. The van der Waals surface area contributed by atoms with E-state index in [0.717, 1.165) is 42.7 Å². The molecular weight excluding hydrogens is 352 g/mol. The highest BCUT2D eigenvalue weighted by Gasteiger charge is 2.17. The van der Waals surface area contributed by atoms with Crippen molar-refractivity contribution < 1.29 is 14.6 Å². The minimum atomic E-state index is -0.838. The van der Waals surface area contributed by atoms with Crippen LogP contribution in [0.5, 0.6) is 5.75 Å². The Morgan fingerprint density at radius 2 is 2.00 bits per heavy atom. The van der Waals surface area contributed by atoms with Gasteiger partial charge in [-0.05, 0) is 43.4 Å². The van der Waals surface area contributed by atoms with Crippen LogP contribution in [0.25, 0.3) is 0 Å². The maximum Gasteiger partial charge on any atom is 0.321 e. The van der Waals surface area contributed by atoms with E-state index in [0.29, 0.717) is 19.6 Å². The number of carboxylic acids is 1. The normalized spacial score (nSPS) is 11.7. The van der Waals surface area contributed by atoms with E-state index in [2.05, 4.69) is 16.6 Å².